The summed E-state index contributed by atoms with van der Waals surface area (Å²) >= 11 is 0. The lowest BCUT2D eigenvalue weighted by atomic mass is 9.68. The summed E-state index contributed by atoms with van der Waals surface area (Å²) in [6, 6.07) is 16.1. The molecule has 3 aromatic rings. The molecule has 0 radical (unpaired) electrons. The van der Waals surface area contributed by atoms with Crippen LogP contribution in [-0.4, -0.2) is 41.3 Å². The van der Waals surface area contributed by atoms with E-state index in [1.54, 1.807) is 7.11 Å². The molecule has 178 valence electrons. The Hall–Kier alpha value is -3.17. The minimum atomic E-state index is -0.316. The van der Waals surface area contributed by atoms with Crippen LogP contribution >= 0.6 is 0 Å². The number of aliphatic hydroxyl groups excluding tert-OH is 1. The van der Waals surface area contributed by atoms with E-state index in [2.05, 4.69) is 36.3 Å². The smallest absolute Gasteiger partial charge is 0.179 e. The minimum absolute atomic E-state index is 0.147. The molecule has 0 unspecified atom stereocenters. The summed E-state index contributed by atoms with van der Waals surface area (Å²) in [5, 5.41) is 21.8. The SMILES string of the molecule is COc1ccc(O[C@H]2C[C@H]3[C@@H](CC[C@H](O)[C@@H]3C)CN(C#N)CCc3c2[nH]c2ccccc32)cc1. The number of rotatable bonds is 3. The first kappa shape index (κ1) is 22.6. The predicted molar refractivity (Wildman–Crippen MR) is 132 cm³/mol. The van der Waals surface area contributed by atoms with Crippen molar-refractivity contribution in [2.75, 3.05) is 20.2 Å². The van der Waals surface area contributed by atoms with Gasteiger partial charge >= 0.3 is 0 Å². The molecule has 0 saturated heterocycles. The van der Waals surface area contributed by atoms with Gasteiger partial charge in [0.1, 0.15) is 17.6 Å². The third-order valence-electron chi connectivity index (χ3n) is 7.94. The van der Waals surface area contributed by atoms with E-state index in [4.69, 9.17) is 9.47 Å². The van der Waals surface area contributed by atoms with Crippen LogP contribution in [0.5, 0.6) is 11.5 Å². The van der Waals surface area contributed by atoms with Crippen LogP contribution in [0.3, 0.4) is 0 Å². The monoisotopic (exact) mass is 459 g/mol. The number of aromatic nitrogens is 1. The average Bonchev–Trinajstić information content (AvgIpc) is 3.24. The lowest BCUT2D eigenvalue weighted by Crippen LogP contribution is -2.43. The number of nitrogens with zero attached hydrogens (tertiary/aromatic N) is 2. The lowest BCUT2D eigenvalue weighted by molar-refractivity contribution is -0.0146. The zero-order chi connectivity index (χ0) is 23.7. The highest BCUT2D eigenvalue weighted by Crippen LogP contribution is 2.44. The van der Waals surface area contributed by atoms with Crippen molar-refractivity contribution in [1.82, 2.24) is 9.88 Å². The number of aromatic amines is 1. The summed E-state index contributed by atoms with van der Waals surface area (Å²) in [5.41, 5.74) is 3.39. The summed E-state index contributed by atoms with van der Waals surface area (Å²) in [6.45, 7) is 3.58. The van der Waals surface area contributed by atoms with E-state index in [0.29, 0.717) is 12.5 Å². The van der Waals surface area contributed by atoms with Crippen molar-refractivity contribution in [3.63, 3.8) is 0 Å². The number of benzene rings is 2. The molecule has 6 nitrogen and oxygen atoms in total. The first-order valence-electron chi connectivity index (χ1n) is 12.3. The fourth-order valence-electron chi connectivity index (χ4n) is 5.98. The van der Waals surface area contributed by atoms with Gasteiger partial charge in [0.05, 0.1) is 18.9 Å². The van der Waals surface area contributed by atoms with Gasteiger partial charge < -0.3 is 24.5 Å². The van der Waals surface area contributed by atoms with E-state index in [0.717, 1.165) is 54.9 Å². The molecule has 5 rings (SSSR count). The fourth-order valence-corrected chi connectivity index (χ4v) is 5.98. The second-order valence-electron chi connectivity index (χ2n) is 9.80. The van der Waals surface area contributed by atoms with Gasteiger partial charge in [0.25, 0.3) is 0 Å². The number of hydrogen-bond acceptors (Lipinski definition) is 5. The molecule has 1 aliphatic heterocycles. The van der Waals surface area contributed by atoms with Crippen molar-refractivity contribution in [2.24, 2.45) is 17.8 Å². The maximum Gasteiger partial charge on any atom is 0.179 e. The Morgan fingerprint density at radius 2 is 1.85 bits per heavy atom. The van der Waals surface area contributed by atoms with Crippen LogP contribution in [0, 0.1) is 29.2 Å². The number of methoxy groups -OCH3 is 1. The molecule has 34 heavy (non-hydrogen) atoms. The Kier molecular flexibility index (Phi) is 6.38. The van der Waals surface area contributed by atoms with Gasteiger partial charge in [0, 0.05) is 24.0 Å². The molecule has 1 aromatic heterocycles. The van der Waals surface area contributed by atoms with E-state index in [1.807, 2.05) is 35.2 Å². The van der Waals surface area contributed by atoms with Gasteiger partial charge in [0.15, 0.2) is 6.19 Å². The lowest BCUT2D eigenvalue weighted by Gasteiger charge is -2.42. The summed E-state index contributed by atoms with van der Waals surface area (Å²) in [5.74, 6) is 2.34. The van der Waals surface area contributed by atoms with E-state index in [-0.39, 0.29) is 24.0 Å². The highest BCUT2D eigenvalue weighted by molar-refractivity contribution is 5.84. The van der Waals surface area contributed by atoms with Gasteiger partial charge in [-0.25, -0.2) is 0 Å². The van der Waals surface area contributed by atoms with Crippen LogP contribution in [0.2, 0.25) is 0 Å². The normalized spacial score (nSPS) is 27.4. The summed E-state index contributed by atoms with van der Waals surface area (Å²) in [4.78, 5) is 5.58. The Labute approximate surface area is 201 Å². The number of aliphatic hydroxyl groups is 1. The van der Waals surface area contributed by atoms with Crippen LogP contribution < -0.4 is 9.47 Å². The molecular formula is C28H33N3O3. The predicted octanol–water partition coefficient (Wildman–Crippen LogP) is 5.05. The van der Waals surface area contributed by atoms with Crippen molar-refractivity contribution in [1.29, 1.82) is 5.26 Å². The summed E-state index contributed by atoms with van der Waals surface area (Å²) < 4.78 is 12.0. The molecule has 1 fully saturated rings. The van der Waals surface area contributed by atoms with Crippen molar-refractivity contribution in [3.8, 4) is 17.7 Å². The Balaban J connectivity index is 1.59. The molecule has 1 saturated carbocycles. The number of nitriles is 1. The molecule has 2 aliphatic rings. The molecule has 2 aromatic carbocycles. The van der Waals surface area contributed by atoms with Gasteiger partial charge in [-0.3, -0.25) is 0 Å². The van der Waals surface area contributed by atoms with Crippen molar-refractivity contribution >= 4 is 10.9 Å². The molecule has 5 atom stereocenters. The average molecular weight is 460 g/mol. The molecule has 1 aliphatic carbocycles. The van der Waals surface area contributed by atoms with Gasteiger partial charge in [-0.1, -0.05) is 25.1 Å². The molecule has 0 bridgehead atoms. The van der Waals surface area contributed by atoms with Crippen LogP contribution in [0.4, 0.5) is 0 Å². The van der Waals surface area contributed by atoms with E-state index < -0.39 is 0 Å². The Morgan fingerprint density at radius 3 is 2.62 bits per heavy atom. The van der Waals surface area contributed by atoms with Gasteiger partial charge in [-0.05, 0) is 79.3 Å². The Morgan fingerprint density at radius 1 is 1.09 bits per heavy atom. The molecular weight excluding hydrogens is 426 g/mol. The summed E-state index contributed by atoms with van der Waals surface area (Å²) in [7, 11) is 1.66. The van der Waals surface area contributed by atoms with Crippen molar-refractivity contribution < 1.29 is 14.6 Å². The molecule has 0 amide bonds. The third kappa shape index (κ3) is 4.33. The highest BCUT2D eigenvalue weighted by Gasteiger charge is 2.40. The third-order valence-corrected chi connectivity index (χ3v) is 7.94. The highest BCUT2D eigenvalue weighted by atomic mass is 16.5. The molecule has 0 spiro atoms. The van der Waals surface area contributed by atoms with Crippen molar-refractivity contribution in [3.05, 3.63) is 59.8 Å². The zero-order valence-electron chi connectivity index (χ0n) is 19.9. The zero-order valence-corrected chi connectivity index (χ0v) is 19.9. The Bertz CT molecular complexity index is 1170. The van der Waals surface area contributed by atoms with Gasteiger partial charge in [-0.2, -0.15) is 5.26 Å². The van der Waals surface area contributed by atoms with Crippen LogP contribution in [0.1, 0.15) is 43.5 Å². The van der Waals surface area contributed by atoms with E-state index in [9.17, 15) is 10.4 Å². The number of hydrogen-bond donors (Lipinski definition) is 2. The number of H-pyrrole nitrogens is 1. The topological polar surface area (TPSA) is 81.5 Å². The van der Waals surface area contributed by atoms with Crippen LogP contribution in [0.25, 0.3) is 10.9 Å². The minimum Gasteiger partial charge on any atom is -0.497 e. The van der Waals surface area contributed by atoms with Crippen LogP contribution in [0.15, 0.2) is 48.5 Å². The van der Waals surface area contributed by atoms with Crippen molar-refractivity contribution in [2.45, 2.75) is 44.8 Å². The first-order chi connectivity index (χ1) is 16.6. The van der Waals surface area contributed by atoms with Crippen LogP contribution in [-0.2, 0) is 6.42 Å². The van der Waals surface area contributed by atoms with Gasteiger partial charge in [0.2, 0.25) is 0 Å². The largest absolute Gasteiger partial charge is 0.497 e. The maximum atomic E-state index is 10.7. The second-order valence-corrected chi connectivity index (χ2v) is 9.80. The fraction of sp³-hybridized carbons (Fsp3) is 0.464. The molecule has 6 heteroatoms. The molecule has 2 heterocycles. The van der Waals surface area contributed by atoms with Gasteiger partial charge in [-0.15, -0.1) is 0 Å². The molecule has 2 N–H and O–H groups in total. The number of ether oxygens (including phenoxy) is 2. The number of nitrogens with one attached hydrogen (secondary N) is 1. The standard InChI is InChI=1S/C28H33N3O3/c1-18-24-15-27(34-21-10-8-20(33-2)9-11-21)28-23(22-5-3-4-6-25(22)30-28)13-14-31(17-29)16-19(24)7-12-26(18)32/h3-6,8-11,18-19,24,26-27,30,32H,7,12-16H2,1-2H3/t18-,19+,24-,26+,27+/m1/s1. The van der Waals surface area contributed by atoms with E-state index in [1.165, 1.54) is 10.9 Å². The maximum absolute atomic E-state index is 10.7. The first-order valence-corrected chi connectivity index (χ1v) is 12.3. The number of para-hydroxylation sites is 1. The quantitative estimate of drug-likeness (QED) is 0.536. The van der Waals surface area contributed by atoms with E-state index >= 15 is 0 Å². The number of fused-ring (bicyclic) bond motifs is 4. The second kappa shape index (κ2) is 9.60. The summed E-state index contributed by atoms with van der Waals surface area (Å²) in [6.07, 6.45) is 5.23.